The van der Waals surface area contributed by atoms with Gasteiger partial charge in [-0.15, -0.1) is 0 Å². The van der Waals surface area contributed by atoms with E-state index in [9.17, 15) is 10.1 Å². The second kappa shape index (κ2) is 5.36. The minimum atomic E-state index is -0.497. The molecular weight excluding hydrogens is 258 g/mol. The Morgan fingerprint density at radius 2 is 2.10 bits per heavy atom. The van der Waals surface area contributed by atoms with Gasteiger partial charge in [0.2, 0.25) is 11.6 Å². The van der Waals surface area contributed by atoms with E-state index < -0.39 is 4.92 Å². The molecule has 0 spiro atoms. The van der Waals surface area contributed by atoms with E-state index in [-0.39, 0.29) is 23.0 Å². The predicted octanol–water partition coefficient (Wildman–Crippen LogP) is 3.27. The topological polar surface area (TPSA) is 89.0 Å². The van der Waals surface area contributed by atoms with Crippen molar-refractivity contribution in [1.82, 2.24) is 4.98 Å². The van der Waals surface area contributed by atoms with Gasteiger partial charge in [0.1, 0.15) is 11.8 Å². The third-order valence-corrected chi connectivity index (χ3v) is 2.64. The molecule has 1 aromatic carbocycles. The van der Waals surface area contributed by atoms with Crippen LogP contribution in [0.4, 0.5) is 5.69 Å². The molecule has 100 valence electrons. The van der Waals surface area contributed by atoms with Crippen molar-refractivity contribution in [2.75, 3.05) is 0 Å². The summed E-state index contributed by atoms with van der Waals surface area (Å²) in [6.07, 6.45) is 0. The standard InChI is InChI=1S/C14H11N3O3/c1-9-6-10(2)14(12(7-9)17(18)19)20-13-5-3-4-11(8-15)16-13/h3-7H,1-2H3. The van der Waals surface area contributed by atoms with Gasteiger partial charge >= 0.3 is 5.69 Å². The van der Waals surface area contributed by atoms with Crippen LogP contribution in [0.3, 0.4) is 0 Å². The zero-order chi connectivity index (χ0) is 14.7. The highest BCUT2D eigenvalue weighted by molar-refractivity contribution is 5.54. The van der Waals surface area contributed by atoms with Crippen molar-refractivity contribution in [3.05, 3.63) is 57.3 Å². The largest absolute Gasteiger partial charge is 0.431 e. The van der Waals surface area contributed by atoms with Gasteiger partial charge in [-0.1, -0.05) is 12.1 Å². The fourth-order valence-electron chi connectivity index (χ4n) is 1.84. The summed E-state index contributed by atoms with van der Waals surface area (Å²) in [7, 11) is 0. The molecule has 0 aliphatic carbocycles. The number of aromatic nitrogens is 1. The van der Waals surface area contributed by atoms with Gasteiger partial charge in [0.05, 0.1) is 4.92 Å². The first-order valence-electron chi connectivity index (χ1n) is 5.82. The molecule has 0 saturated carbocycles. The maximum Gasteiger partial charge on any atom is 0.312 e. The highest BCUT2D eigenvalue weighted by Gasteiger charge is 2.19. The molecule has 2 rings (SSSR count). The Labute approximate surface area is 115 Å². The van der Waals surface area contributed by atoms with Crippen molar-refractivity contribution in [3.63, 3.8) is 0 Å². The minimum Gasteiger partial charge on any atom is -0.431 e. The Kier molecular flexibility index (Phi) is 3.62. The molecule has 6 heteroatoms. The van der Waals surface area contributed by atoms with Gasteiger partial charge in [-0.3, -0.25) is 10.1 Å². The first-order chi connectivity index (χ1) is 9.51. The molecule has 0 saturated heterocycles. The third-order valence-electron chi connectivity index (χ3n) is 2.64. The monoisotopic (exact) mass is 269 g/mol. The lowest BCUT2D eigenvalue weighted by Crippen LogP contribution is -1.98. The molecule has 0 aliphatic rings. The fraction of sp³-hybridized carbons (Fsp3) is 0.143. The van der Waals surface area contributed by atoms with Crippen molar-refractivity contribution < 1.29 is 9.66 Å². The van der Waals surface area contributed by atoms with Crippen LogP contribution >= 0.6 is 0 Å². The van der Waals surface area contributed by atoms with Crippen molar-refractivity contribution in [2.24, 2.45) is 0 Å². The number of nitro benzene ring substituents is 1. The molecule has 20 heavy (non-hydrogen) atoms. The second-order valence-corrected chi connectivity index (χ2v) is 4.26. The Hall–Kier alpha value is -2.94. The van der Waals surface area contributed by atoms with E-state index >= 15 is 0 Å². The number of aryl methyl sites for hydroxylation is 2. The molecule has 0 unspecified atom stereocenters. The average Bonchev–Trinajstić information content (AvgIpc) is 2.41. The number of hydrogen-bond donors (Lipinski definition) is 0. The van der Waals surface area contributed by atoms with Crippen LogP contribution in [0.1, 0.15) is 16.8 Å². The van der Waals surface area contributed by atoms with Crippen molar-refractivity contribution in [3.8, 4) is 17.7 Å². The van der Waals surface area contributed by atoms with E-state index in [0.29, 0.717) is 5.56 Å². The van der Waals surface area contributed by atoms with Crippen molar-refractivity contribution >= 4 is 5.69 Å². The fourth-order valence-corrected chi connectivity index (χ4v) is 1.84. The molecular formula is C14H11N3O3. The Balaban J connectivity index is 2.48. The maximum atomic E-state index is 11.1. The summed E-state index contributed by atoms with van der Waals surface area (Å²) in [6, 6.07) is 9.80. The molecule has 0 fully saturated rings. The molecule has 0 N–H and O–H groups in total. The summed E-state index contributed by atoms with van der Waals surface area (Å²) < 4.78 is 5.50. The zero-order valence-electron chi connectivity index (χ0n) is 11.0. The van der Waals surface area contributed by atoms with Crippen LogP contribution in [0.25, 0.3) is 0 Å². The van der Waals surface area contributed by atoms with E-state index in [1.54, 1.807) is 32.0 Å². The number of rotatable bonds is 3. The third kappa shape index (κ3) is 2.72. The minimum absolute atomic E-state index is 0.119. The van der Waals surface area contributed by atoms with E-state index in [4.69, 9.17) is 10.00 Å². The normalized spacial score (nSPS) is 9.85. The second-order valence-electron chi connectivity index (χ2n) is 4.26. The summed E-state index contributed by atoms with van der Waals surface area (Å²) in [6.45, 7) is 3.50. The summed E-state index contributed by atoms with van der Waals surface area (Å²) in [4.78, 5) is 14.5. The summed E-state index contributed by atoms with van der Waals surface area (Å²) >= 11 is 0. The Morgan fingerprint density at radius 1 is 1.35 bits per heavy atom. The molecule has 0 atom stereocenters. The molecule has 2 aromatic rings. The zero-order valence-corrected chi connectivity index (χ0v) is 11.0. The molecule has 6 nitrogen and oxygen atoms in total. The lowest BCUT2D eigenvalue weighted by molar-refractivity contribution is -0.385. The number of nitrogens with zero attached hydrogens (tertiary/aromatic N) is 3. The molecule has 0 bridgehead atoms. The number of hydrogen-bond acceptors (Lipinski definition) is 5. The van der Waals surface area contributed by atoms with Gasteiger partial charge in [-0.2, -0.15) is 5.26 Å². The van der Waals surface area contributed by atoms with E-state index in [0.717, 1.165) is 5.56 Å². The number of nitro groups is 1. The Morgan fingerprint density at radius 3 is 2.75 bits per heavy atom. The smallest absolute Gasteiger partial charge is 0.312 e. The highest BCUT2D eigenvalue weighted by atomic mass is 16.6. The lowest BCUT2D eigenvalue weighted by Gasteiger charge is -2.09. The summed E-state index contributed by atoms with van der Waals surface area (Å²) in [5.41, 5.74) is 1.49. The predicted molar refractivity (Wildman–Crippen MR) is 71.6 cm³/mol. The van der Waals surface area contributed by atoms with Crippen LogP contribution in [0.5, 0.6) is 11.6 Å². The molecule has 0 aliphatic heterocycles. The van der Waals surface area contributed by atoms with Gasteiger partial charge in [-0.25, -0.2) is 4.98 Å². The van der Waals surface area contributed by atoms with Crippen molar-refractivity contribution in [1.29, 1.82) is 5.26 Å². The first kappa shape index (κ1) is 13.5. The van der Waals surface area contributed by atoms with Crippen LogP contribution in [-0.4, -0.2) is 9.91 Å². The SMILES string of the molecule is Cc1cc(C)c(Oc2cccc(C#N)n2)c([N+](=O)[O-])c1. The number of nitriles is 1. The van der Waals surface area contributed by atoms with E-state index in [1.165, 1.54) is 12.1 Å². The number of benzene rings is 1. The maximum absolute atomic E-state index is 11.1. The summed E-state index contributed by atoms with van der Waals surface area (Å²) in [5.74, 6) is 0.294. The van der Waals surface area contributed by atoms with Crippen LogP contribution in [0, 0.1) is 35.3 Å². The van der Waals surface area contributed by atoms with Gasteiger partial charge in [-0.05, 0) is 31.0 Å². The van der Waals surface area contributed by atoms with E-state index in [1.807, 2.05) is 6.07 Å². The summed E-state index contributed by atoms with van der Waals surface area (Å²) in [5, 5.41) is 19.9. The highest BCUT2D eigenvalue weighted by Crippen LogP contribution is 2.34. The lowest BCUT2D eigenvalue weighted by atomic mass is 10.1. The molecule has 0 amide bonds. The molecule has 0 radical (unpaired) electrons. The first-order valence-corrected chi connectivity index (χ1v) is 5.82. The van der Waals surface area contributed by atoms with Gasteiger partial charge in [0.15, 0.2) is 0 Å². The van der Waals surface area contributed by atoms with Crippen LogP contribution in [0.2, 0.25) is 0 Å². The number of pyridine rings is 1. The molecule has 1 aromatic heterocycles. The van der Waals surface area contributed by atoms with Crippen LogP contribution in [-0.2, 0) is 0 Å². The van der Waals surface area contributed by atoms with Crippen LogP contribution in [0.15, 0.2) is 30.3 Å². The number of ether oxygens (including phenoxy) is 1. The molecule has 1 heterocycles. The van der Waals surface area contributed by atoms with E-state index in [2.05, 4.69) is 4.98 Å². The van der Waals surface area contributed by atoms with Crippen LogP contribution < -0.4 is 4.74 Å². The quantitative estimate of drug-likeness (QED) is 0.630. The van der Waals surface area contributed by atoms with Gasteiger partial charge in [0, 0.05) is 12.1 Å². The Bertz CT molecular complexity index is 720. The van der Waals surface area contributed by atoms with Gasteiger partial charge in [0.25, 0.3) is 0 Å². The van der Waals surface area contributed by atoms with Gasteiger partial charge < -0.3 is 4.74 Å². The van der Waals surface area contributed by atoms with Crippen molar-refractivity contribution in [2.45, 2.75) is 13.8 Å². The average molecular weight is 269 g/mol.